The molecule has 1 nitrogen and oxygen atoms in total. The first-order chi connectivity index (χ1) is 6.88. The van der Waals surface area contributed by atoms with Crippen molar-refractivity contribution >= 4 is 11.3 Å². The summed E-state index contributed by atoms with van der Waals surface area (Å²) >= 11 is 1.71. The molecule has 0 unspecified atom stereocenters. The molecule has 0 saturated carbocycles. The van der Waals surface area contributed by atoms with Crippen LogP contribution in [0.25, 0.3) is 0 Å². The fraction of sp³-hybridized carbons (Fsp3) is 0. The summed E-state index contributed by atoms with van der Waals surface area (Å²) in [5.74, 6) is 0. The third-order valence-electron chi connectivity index (χ3n) is 1.64. The average molecular weight is 312 g/mol. The molecular formula is C11H7INS+. The number of halogens is 1. The normalized spacial score (nSPS) is 9.64. The molecule has 1 aromatic carbocycles. The smallest absolute Gasteiger partial charge is 0.192 e. The molecule has 68 valence electrons. The fourth-order valence-electron chi connectivity index (χ4n) is 1.04. The SMILES string of the molecule is N#Cc1cccc([I+]c2cccs2)c1. The largest absolute Gasteiger partial charge is 0.369 e. The Kier molecular flexibility index (Phi) is 3.17. The Morgan fingerprint density at radius 3 is 2.86 bits per heavy atom. The van der Waals surface area contributed by atoms with Crippen LogP contribution in [0.2, 0.25) is 0 Å². The van der Waals surface area contributed by atoms with E-state index in [1.165, 1.54) is 6.45 Å². The van der Waals surface area contributed by atoms with Crippen LogP contribution in [0.4, 0.5) is 0 Å². The summed E-state index contributed by atoms with van der Waals surface area (Å²) < 4.78 is 2.75. The molecule has 2 rings (SSSR count). The Morgan fingerprint density at radius 1 is 1.21 bits per heavy atom. The third-order valence-corrected chi connectivity index (χ3v) is 5.76. The maximum Gasteiger partial charge on any atom is 0.369 e. The molecule has 3 heteroatoms. The minimum Gasteiger partial charge on any atom is -0.192 e. The molecule has 14 heavy (non-hydrogen) atoms. The van der Waals surface area contributed by atoms with Gasteiger partial charge in [0.2, 0.25) is 2.88 Å². The Hall–Kier alpha value is -0.860. The van der Waals surface area contributed by atoms with Gasteiger partial charge in [0.15, 0.2) is 3.57 Å². The first-order valence-electron chi connectivity index (χ1n) is 4.07. The van der Waals surface area contributed by atoms with Crippen LogP contribution in [-0.2, 0) is 0 Å². The van der Waals surface area contributed by atoms with Gasteiger partial charge in [-0.15, -0.1) is 0 Å². The number of rotatable bonds is 2. The number of benzene rings is 1. The van der Waals surface area contributed by atoms with Crippen LogP contribution in [0.3, 0.4) is 0 Å². The van der Waals surface area contributed by atoms with E-state index in [9.17, 15) is 0 Å². The Bertz CT molecular complexity index is 456. The molecule has 1 heterocycles. The van der Waals surface area contributed by atoms with E-state index >= 15 is 0 Å². The topological polar surface area (TPSA) is 23.8 Å². The van der Waals surface area contributed by atoms with Gasteiger partial charge >= 0.3 is 21.2 Å². The molecule has 0 bridgehead atoms. The molecule has 0 aliphatic rings. The summed E-state index contributed by atoms with van der Waals surface area (Å²) in [6.07, 6.45) is 0. The summed E-state index contributed by atoms with van der Waals surface area (Å²) in [7, 11) is 0. The number of nitriles is 1. The van der Waals surface area contributed by atoms with Crippen molar-refractivity contribution in [1.82, 2.24) is 0 Å². The highest BCUT2D eigenvalue weighted by atomic mass is 127. The summed E-state index contributed by atoms with van der Waals surface area (Å²) in [5, 5.41) is 10.9. The fourth-order valence-corrected chi connectivity index (χ4v) is 4.82. The van der Waals surface area contributed by atoms with Crippen LogP contribution < -0.4 is 21.2 Å². The van der Waals surface area contributed by atoms with E-state index < -0.39 is 0 Å². The van der Waals surface area contributed by atoms with E-state index in [0.717, 1.165) is 5.56 Å². The molecule has 0 aliphatic carbocycles. The molecule has 1 aromatic heterocycles. The average Bonchev–Trinajstić information content (AvgIpc) is 2.71. The zero-order valence-electron chi connectivity index (χ0n) is 7.27. The van der Waals surface area contributed by atoms with Gasteiger partial charge in [0.05, 0.1) is 11.6 Å². The van der Waals surface area contributed by atoms with E-state index in [4.69, 9.17) is 5.26 Å². The summed E-state index contributed by atoms with van der Waals surface area (Å²) in [5.41, 5.74) is 0.763. The predicted octanol–water partition coefficient (Wildman–Crippen LogP) is -0.252. The summed E-state index contributed by atoms with van der Waals surface area (Å²) in [4.78, 5) is 0. The van der Waals surface area contributed by atoms with Crippen molar-refractivity contribution in [1.29, 1.82) is 5.26 Å². The van der Waals surface area contributed by atoms with Gasteiger partial charge in [-0.3, -0.25) is 0 Å². The molecule has 0 N–H and O–H groups in total. The van der Waals surface area contributed by atoms with Gasteiger partial charge in [0, 0.05) is 12.1 Å². The number of thiophene rings is 1. The first-order valence-corrected chi connectivity index (χ1v) is 7.11. The lowest BCUT2D eigenvalue weighted by molar-refractivity contribution is -0.591. The van der Waals surface area contributed by atoms with E-state index in [0.29, 0.717) is 0 Å². The number of hydrogen-bond acceptors (Lipinski definition) is 2. The molecule has 0 saturated heterocycles. The Labute approximate surface area is 97.3 Å². The summed E-state index contributed by atoms with van der Waals surface area (Å²) in [6.45, 7) is 0. The predicted molar refractivity (Wildman–Crippen MR) is 52.9 cm³/mol. The number of nitrogens with zero attached hydrogens (tertiary/aromatic N) is 1. The third kappa shape index (κ3) is 2.34. The molecule has 2 aromatic rings. The van der Waals surface area contributed by atoms with Crippen molar-refractivity contribution in [3.8, 4) is 6.07 Å². The zero-order chi connectivity index (χ0) is 9.80. The molecular weight excluding hydrogens is 305 g/mol. The van der Waals surface area contributed by atoms with Gasteiger partial charge in [-0.2, -0.15) is 5.26 Å². The van der Waals surface area contributed by atoms with Crippen molar-refractivity contribution in [3.05, 3.63) is 53.8 Å². The van der Waals surface area contributed by atoms with Gasteiger partial charge in [0.25, 0.3) is 0 Å². The highest BCUT2D eigenvalue weighted by molar-refractivity contribution is 7.07. The molecule has 0 fully saturated rings. The molecule has 0 atom stereocenters. The van der Waals surface area contributed by atoms with E-state index in [-0.39, 0.29) is 21.2 Å². The lowest BCUT2D eigenvalue weighted by atomic mass is 10.2. The molecule has 0 aliphatic heterocycles. The zero-order valence-corrected chi connectivity index (χ0v) is 10.2. The highest BCUT2D eigenvalue weighted by Gasteiger charge is 2.16. The van der Waals surface area contributed by atoms with Crippen molar-refractivity contribution < 1.29 is 21.2 Å². The lowest BCUT2D eigenvalue weighted by Gasteiger charge is -1.85. The highest BCUT2D eigenvalue weighted by Crippen LogP contribution is 1.97. The molecule has 0 spiro atoms. The van der Waals surface area contributed by atoms with Crippen LogP contribution in [0.5, 0.6) is 0 Å². The second-order valence-corrected chi connectivity index (χ2v) is 7.26. The second-order valence-electron chi connectivity index (χ2n) is 2.63. The monoisotopic (exact) mass is 312 g/mol. The van der Waals surface area contributed by atoms with Crippen LogP contribution in [0, 0.1) is 17.8 Å². The quantitative estimate of drug-likeness (QED) is 0.702. The van der Waals surface area contributed by atoms with E-state index in [1.54, 1.807) is 11.3 Å². The van der Waals surface area contributed by atoms with Gasteiger partial charge in [-0.05, 0) is 23.6 Å². The van der Waals surface area contributed by atoms with Gasteiger partial charge in [0.1, 0.15) is 0 Å². The van der Waals surface area contributed by atoms with Gasteiger partial charge < -0.3 is 0 Å². The van der Waals surface area contributed by atoms with Crippen molar-refractivity contribution in [2.75, 3.05) is 0 Å². The van der Waals surface area contributed by atoms with Crippen molar-refractivity contribution in [2.45, 2.75) is 0 Å². The van der Waals surface area contributed by atoms with Gasteiger partial charge in [-0.1, -0.05) is 17.4 Å². The minimum atomic E-state index is -0.0892. The second kappa shape index (κ2) is 4.58. The standard InChI is InChI=1S/C11H7INS/c13-8-9-3-1-4-10(7-9)12-11-5-2-6-14-11/h1-7H/q+1. The minimum absolute atomic E-state index is 0.0892. The van der Waals surface area contributed by atoms with Gasteiger partial charge in [-0.25, -0.2) is 0 Å². The maximum atomic E-state index is 8.75. The van der Waals surface area contributed by atoms with Crippen LogP contribution in [0.15, 0.2) is 41.8 Å². The van der Waals surface area contributed by atoms with Crippen LogP contribution >= 0.6 is 11.3 Å². The molecule has 0 amide bonds. The Balaban J connectivity index is 2.22. The Morgan fingerprint density at radius 2 is 2.14 bits per heavy atom. The lowest BCUT2D eigenvalue weighted by Crippen LogP contribution is -3.61. The first kappa shape index (κ1) is 9.69. The number of hydrogen-bond donors (Lipinski definition) is 0. The summed E-state index contributed by atoms with van der Waals surface area (Å²) in [6, 6.07) is 14.3. The van der Waals surface area contributed by atoms with Crippen LogP contribution in [-0.4, -0.2) is 0 Å². The molecule has 0 radical (unpaired) electrons. The van der Waals surface area contributed by atoms with Crippen molar-refractivity contribution in [3.63, 3.8) is 0 Å². The van der Waals surface area contributed by atoms with E-state index in [1.807, 2.05) is 18.2 Å². The maximum absolute atomic E-state index is 8.75. The van der Waals surface area contributed by atoms with Crippen molar-refractivity contribution in [2.24, 2.45) is 0 Å². The van der Waals surface area contributed by atoms with Crippen LogP contribution in [0.1, 0.15) is 5.56 Å². The van der Waals surface area contributed by atoms with E-state index in [2.05, 4.69) is 29.6 Å².